The molecule has 3 N–H and O–H groups in total. The second kappa shape index (κ2) is 5.61. The Bertz CT molecular complexity index is 373. The summed E-state index contributed by atoms with van der Waals surface area (Å²) >= 11 is 5.96. The molecule has 4 heteroatoms. The number of anilines is 2. The lowest BCUT2D eigenvalue weighted by Gasteiger charge is -2.29. The fourth-order valence-corrected chi connectivity index (χ4v) is 2.37. The van der Waals surface area contributed by atoms with E-state index in [9.17, 15) is 0 Å². The molecule has 1 aromatic rings. The van der Waals surface area contributed by atoms with Crippen molar-refractivity contribution in [2.24, 2.45) is 5.92 Å². The number of piperidine rings is 1. The van der Waals surface area contributed by atoms with E-state index in [0.717, 1.165) is 28.9 Å². The number of nitrogens with one attached hydrogen (secondary N) is 1. The van der Waals surface area contributed by atoms with Gasteiger partial charge in [0.2, 0.25) is 0 Å². The molecule has 1 fully saturated rings. The molecule has 0 spiro atoms. The molecule has 3 nitrogen and oxygen atoms in total. The Morgan fingerprint density at radius 3 is 2.82 bits per heavy atom. The van der Waals surface area contributed by atoms with Crippen molar-refractivity contribution in [2.45, 2.75) is 12.8 Å². The van der Waals surface area contributed by atoms with E-state index in [-0.39, 0.29) is 0 Å². The first-order valence-electron chi connectivity index (χ1n) is 6.12. The minimum absolute atomic E-state index is 0.727. The van der Waals surface area contributed by atoms with E-state index in [1.807, 2.05) is 18.2 Å². The zero-order valence-corrected chi connectivity index (χ0v) is 11.0. The predicted molar refractivity (Wildman–Crippen MR) is 74.6 cm³/mol. The van der Waals surface area contributed by atoms with Gasteiger partial charge in [0.15, 0.2) is 0 Å². The highest BCUT2D eigenvalue weighted by atomic mass is 35.5. The smallest absolute Gasteiger partial charge is 0.0588 e. The molecule has 2 rings (SSSR count). The van der Waals surface area contributed by atoms with E-state index in [0.29, 0.717) is 0 Å². The molecule has 0 amide bonds. The van der Waals surface area contributed by atoms with Crippen molar-refractivity contribution >= 4 is 23.0 Å². The number of hydrogen-bond acceptors (Lipinski definition) is 3. The highest BCUT2D eigenvalue weighted by Crippen LogP contribution is 2.24. The van der Waals surface area contributed by atoms with Gasteiger partial charge in [-0.2, -0.15) is 0 Å². The van der Waals surface area contributed by atoms with Crippen LogP contribution in [0, 0.1) is 5.92 Å². The molecule has 0 bridgehead atoms. The fourth-order valence-electron chi connectivity index (χ4n) is 2.20. The summed E-state index contributed by atoms with van der Waals surface area (Å²) in [7, 11) is 2.18. The van der Waals surface area contributed by atoms with E-state index in [2.05, 4.69) is 17.3 Å². The maximum absolute atomic E-state index is 5.96. The zero-order valence-electron chi connectivity index (χ0n) is 10.2. The van der Waals surface area contributed by atoms with E-state index < -0.39 is 0 Å². The summed E-state index contributed by atoms with van der Waals surface area (Å²) in [6.45, 7) is 3.37. The van der Waals surface area contributed by atoms with Crippen LogP contribution < -0.4 is 11.1 Å². The molecule has 0 radical (unpaired) electrons. The molecule has 17 heavy (non-hydrogen) atoms. The Morgan fingerprint density at radius 1 is 1.41 bits per heavy atom. The first-order chi connectivity index (χ1) is 8.15. The normalized spacial score (nSPS) is 18.2. The topological polar surface area (TPSA) is 41.3 Å². The number of nitrogens with two attached hydrogens (primary N) is 1. The van der Waals surface area contributed by atoms with Crippen molar-refractivity contribution in [3.8, 4) is 0 Å². The molecule has 1 aromatic carbocycles. The number of benzene rings is 1. The monoisotopic (exact) mass is 253 g/mol. The standard InChI is InChI=1S/C13H20ClN3/c1-17-6-4-10(5-7-17)9-16-13-8-11(14)2-3-12(13)15/h2-3,8,10,16H,4-7,9,15H2,1H3. The van der Waals surface area contributed by atoms with Gasteiger partial charge in [0.25, 0.3) is 0 Å². The van der Waals surface area contributed by atoms with Crippen LogP contribution in [0.15, 0.2) is 18.2 Å². The number of rotatable bonds is 3. The Balaban J connectivity index is 1.87. The molecule has 0 saturated carbocycles. The van der Waals surface area contributed by atoms with Gasteiger partial charge in [0.05, 0.1) is 11.4 Å². The molecule has 1 saturated heterocycles. The number of nitrogen functional groups attached to an aromatic ring is 1. The molecule has 0 atom stereocenters. The van der Waals surface area contributed by atoms with Gasteiger partial charge >= 0.3 is 0 Å². The first kappa shape index (κ1) is 12.5. The molecule has 1 heterocycles. The Morgan fingerprint density at radius 2 is 2.12 bits per heavy atom. The average molecular weight is 254 g/mol. The van der Waals surface area contributed by atoms with Gasteiger partial charge in [-0.05, 0) is 57.1 Å². The predicted octanol–water partition coefficient (Wildman–Crippen LogP) is 2.68. The lowest BCUT2D eigenvalue weighted by atomic mass is 9.97. The summed E-state index contributed by atoms with van der Waals surface area (Å²) in [6, 6.07) is 5.56. The van der Waals surface area contributed by atoms with Crippen molar-refractivity contribution in [1.29, 1.82) is 0 Å². The quantitative estimate of drug-likeness (QED) is 0.814. The van der Waals surface area contributed by atoms with Crippen LogP contribution in [0.5, 0.6) is 0 Å². The largest absolute Gasteiger partial charge is 0.397 e. The summed E-state index contributed by atoms with van der Waals surface area (Å²) < 4.78 is 0. The molecule has 1 aliphatic heterocycles. The third-order valence-electron chi connectivity index (χ3n) is 3.43. The maximum Gasteiger partial charge on any atom is 0.0588 e. The van der Waals surface area contributed by atoms with Crippen molar-refractivity contribution < 1.29 is 0 Å². The lowest BCUT2D eigenvalue weighted by molar-refractivity contribution is 0.226. The second-order valence-electron chi connectivity index (χ2n) is 4.86. The highest BCUT2D eigenvalue weighted by Gasteiger charge is 2.16. The van der Waals surface area contributed by atoms with Crippen LogP contribution in [0.2, 0.25) is 5.02 Å². The van der Waals surface area contributed by atoms with E-state index in [4.69, 9.17) is 17.3 Å². The van der Waals surface area contributed by atoms with Gasteiger partial charge < -0.3 is 16.0 Å². The number of nitrogens with zero attached hydrogens (tertiary/aromatic N) is 1. The summed E-state index contributed by atoms with van der Waals surface area (Å²) in [6.07, 6.45) is 2.51. The SMILES string of the molecule is CN1CCC(CNc2cc(Cl)ccc2N)CC1. The molecule has 1 aliphatic rings. The molecule has 0 aromatic heterocycles. The Kier molecular flexibility index (Phi) is 4.13. The summed E-state index contributed by atoms with van der Waals surface area (Å²) in [5, 5.41) is 4.14. The number of halogens is 1. The highest BCUT2D eigenvalue weighted by molar-refractivity contribution is 6.31. The maximum atomic E-state index is 5.96. The zero-order chi connectivity index (χ0) is 12.3. The van der Waals surface area contributed by atoms with Crippen LogP contribution in [-0.2, 0) is 0 Å². The van der Waals surface area contributed by atoms with Gasteiger partial charge in [-0.1, -0.05) is 11.6 Å². The number of hydrogen-bond donors (Lipinski definition) is 2. The van der Waals surface area contributed by atoms with Crippen LogP contribution in [0.4, 0.5) is 11.4 Å². The van der Waals surface area contributed by atoms with Gasteiger partial charge in [-0.15, -0.1) is 0 Å². The second-order valence-corrected chi connectivity index (χ2v) is 5.30. The molecule has 0 aliphatic carbocycles. The summed E-state index contributed by atoms with van der Waals surface area (Å²) in [4.78, 5) is 2.38. The molecule has 94 valence electrons. The van der Waals surface area contributed by atoms with Gasteiger partial charge in [-0.25, -0.2) is 0 Å². The van der Waals surface area contributed by atoms with Crippen molar-refractivity contribution in [1.82, 2.24) is 4.90 Å². The summed E-state index contributed by atoms with van der Waals surface area (Å²) in [5.41, 5.74) is 7.62. The van der Waals surface area contributed by atoms with Crippen molar-refractivity contribution in [2.75, 3.05) is 37.7 Å². The minimum atomic E-state index is 0.727. The average Bonchev–Trinajstić information content (AvgIpc) is 2.32. The van der Waals surface area contributed by atoms with Crippen LogP contribution in [0.25, 0.3) is 0 Å². The third-order valence-corrected chi connectivity index (χ3v) is 3.67. The summed E-state index contributed by atoms with van der Waals surface area (Å²) in [5.74, 6) is 0.740. The van der Waals surface area contributed by atoms with Crippen molar-refractivity contribution in [3.63, 3.8) is 0 Å². The fraction of sp³-hybridized carbons (Fsp3) is 0.538. The third kappa shape index (κ3) is 3.51. The van der Waals surface area contributed by atoms with Gasteiger partial charge in [0.1, 0.15) is 0 Å². The number of likely N-dealkylation sites (tertiary alicyclic amines) is 1. The van der Waals surface area contributed by atoms with Crippen LogP contribution in [-0.4, -0.2) is 31.6 Å². The Labute approximate surface area is 108 Å². The molecular weight excluding hydrogens is 234 g/mol. The van der Waals surface area contributed by atoms with Crippen LogP contribution >= 0.6 is 11.6 Å². The van der Waals surface area contributed by atoms with E-state index in [1.165, 1.54) is 25.9 Å². The minimum Gasteiger partial charge on any atom is -0.397 e. The van der Waals surface area contributed by atoms with E-state index in [1.54, 1.807) is 0 Å². The Hall–Kier alpha value is -0.930. The van der Waals surface area contributed by atoms with Gasteiger partial charge in [-0.3, -0.25) is 0 Å². The van der Waals surface area contributed by atoms with Crippen LogP contribution in [0.1, 0.15) is 12.8 Å². The van der Waals surface area contributed by atoms with Crippen LogP contribution in [0.3, 0.4) is 0 Å². The van der Waals surface area contributed by atoms with Crippen molar-refractivity contribution in [3.05, 3.63) is 23.2 Å². The lowest BCUT2D eigenvalue weighted by Crippen LogP contribution is -2.33. The first-order valence-corrected chi connectivity index (χ1v) is 6.50. The molecular formula is C13H20ClN3. The molecule has 0 unspecified atom stereocenters. The van der Waals surface area contributed by atoms with E-state index >= 15 is 0 Å². The van der Waals surface area contributed by atoms with Gasteiger partial charge in [0, 0.05) is 11.6 Å².